The maximum atomic E-state index is 12.6. The fraction of sp³-hybridized carbons (Fsp3) is 0.688. The van der Waals surface area contributed by atoms with Crippen molar-refractivity contribution in [3.8, 4) is 0 Å². The summed E-state index contributed by atoms with van der Waals surface area (Å²) in [6, 6.07) is 0.214. The number of amides is 2. The van der Waals surface area contributed by atoms with Crippen LogP contribution in [-0.4, -0.2) is 57.6 Å². The van der Waals surface area contributed by atoms with Gasteiger partial charge in [-0.1, -0.05) is 13.8 Å². The first-order valence-electron chi connectivity index (χ1n) is 7.92. The lowest BCUT2D eigenvalue weighted by Crippen LogP contribution is -2.53. The second kappa shape index (κ2) is 6.50. The van der Waals surface area contributed by atoms with Gasteiger partial charge in [0.2, 0.25) is 5.91 Å². The third-order valence-electron chi connectivity index (χ3n) is 3.96. The Morgan fingerprint density at radius 2 is 1.95 bits per heavy atom. The topological polar surface area (TPSA) is 58.4 Å². The highest BCUT2D eigenvalue weighted by Crippen LogP contribution is 2.16. The smallest absolute Gasteiger partial charge is 0.257 e. The first-order chi connectivity index (χ1) is 10.3. The number of carbonyl (C=O) groups is 2. The highest BCUT2D eigenvalue weighted by atomic mass is 16.2. The van der Waals surface area contributed by atoms with E-state index in [0.717, 1.165) is 12.2 Å². The fourth-order valence-electron chi connectivity index (χ4n) is 2.84. The predicted octanol–water partition coefficient (Wildman–Crippen LogP) is 1.71. The van der Waals surface area contributed by atoms with Crippen LogP contribution in [0.4, 0.5) is 0 Å². The molecular formula is C16H26N4O2. The Morgan fingerprint density at radius 3 is 2.45 bits per heavy atom. The molecule has 1 fully saturated rings. The highest BCUT2D eigenvalue weighted by molar-refractivity contribution is 5.97. The average molecular weight is 306 g/mol. The van der Waals surface area contributed by atoms with Gasteiger partial charge in [-0.2, -0.15) is 5.10 Å². The number of hydrogen-bond acceptors (Lipinski definition) is 3. The van der Waals surface area contributed by atoms with Gasteiger partial charge >= 0.3 is 0 Å². The minimum atomic E-state index is -0.0954. The number of carbonyl (C=O) groups excluding carboxylic acids is 2. The molecule has 0 unspecified atom stereocenters. The quantitative estimate of drug-likeness (QED) is 0.851. The van der Waals surface area contributed by atoms with Crippen LogP contribution >= 0.6 is 0 Å². The summed E-state index contributed by atoms with van der Waals surface area (Å²) < 4.78 is 1.84. The van der Waals surface area contributed by atoms with E-state index in [1.165, 1.54) is 0 Å². The van der Waals surface area contributed by atoms with E-state index in [1.807, 2.05) is 30.4 Å². The number of aromatic nitrogens is 2. The van der Waals surface area contributed by atoms with Gasteiger partial charge in [0, 0.05) is 31.4 Å². The molecule has 1 saturated heterocycles. The van der Waals surface area contributed by atoms with E-state index in [1.54, 1.807) is 11.1 Å². The van der Waals surface area contributed by atoms with E-state index in [9.17, 15) is 9.59 Å². The van der Waals surface area contributed by atoms with Crippen molar-refractivity contribution in [3.63, 3.8) is 0 Å². The fourth-order valence-corrected chi connectivity index (χ4v) is 2.84. The third kappa shape index (κ3) is 3.31. The van der Waals surface area contributed by atoms with E-state index >= 15 is 0 Å². The van der Waals surface area contributed by atoms with Gasteiger partial charge in [-0.25, -0.2) is 0 Å². The molecule has 2 amide bonds. The lowest BCUT2D eigenvalue weighted by Gasteiger charge is -2.35. The Morgan fingerprint density at radius 1 is 1.27 bits per heavy atom. The molecule has 0 aromatic carbocycles. The molecule has 0 N–H and O–H groups in total. The molecule has 1 aliphatic rings. The third-order valence-corrected chi connectivity index (χ3v) is 3.96. The average Bonchev–Trinajstić information content (AvgIpc) is 2.81. The lowest BCUT2D eigenvalue weighted by molar-refractivity contribution is -0.135. The van der Waals surface area contributed by atoms with E-state index in [2.05, 4.69) is 18.9 Å². The molecule has 0 atom stereocenters. The lowest BCUT2D eigenvalue weighted by atomic mass is 10.1. The van der Waals surface area contributed by atoms with Crippen molar-refractivity contribution in [1.82, 2.24) is 19.6 Å². The van der Waals surface area contributed by atoms with Crippen molar-refractivity contribution >= 4 is 11.8 Å². The van der Waals surface area contributed by atoms with Crippen molar-refractivity contribution in [1.29, 1.82) is 0 Å². The summed E-state index contributed by atoms with van der Waals surface area (Å²) in [6.45, 7) is 12.3. The van der Waals surface area contributed by atoms with Crippen LogP contribution in [0.1, 0.15) is 49.8 Å². The summed E-state index contributed by atoms with van der Waals surface area (Å²) >= 11 is 0. The molecular weight excluding hydrogens is 280 g/mol. The number of piperazine rings is 1. The minimum Gasteiger partial charge on any atom is -0.339 e. The summed E-state index contributed by atoms with van der Waals surface area (Å²) in [6.07, 6.45) is 1.61. The van der Waals surface area contributed by atoms with Crippen LogP contribution in [0.15, 0.2) is 6.20 Å². The molecule has 2 rings (SSSR count). The van der Waals surface area contributed by atoms with Crippen LogP contribution in [0.3, 0.4) is 0 Å². The molecule has 1 aromatic rings. The van der Waals surface area contributed by atoms with Crippen molar-refractivity contribution in [3.05, 3.63) is 17.5 Å². The van der Waals surface area contributed by atoms with Crippen LogP contribution in [-0.2, 0) is 4.79 Å². The Bertz CT molecular complexity index is 562. The van der Waals surface area contributed by atoms with Crippen LogP contribution in [0.5, 0.6) is 0 Å². The number of hydrogen-bond donors (Lipinski definition) is 0. The van der Waals surface area contributed by atoms with E-state index in [4.69, 9.17) is 0 Å². The minimum absolute atomic E-state index is 0.0298. The molecule has 6 heteroatoms. The predicted molar refractivity (Wildman–Crippen MR) is 84.7 cm³/mol. The molecule has 0 spiro atoms. The largest absolute Gasteiger partial charge is 0.339 e. The number of rotatable bonds is 4. The Labute approximate surface area is 132 Å². The molecule has 0 bridgehead atoms. The first-order valence-corrected chi connectivity index (χ1v) is 7.92. The maximum Gasteiger partial charge on any atom is 0.257 e. The van der Waals surface area contributed by atoms with E-state index in [-0.39, 0.29) is 24.4 Å². The Balaban J connectivity index is 2.07. The molecule has 22 heavy (non-hydrogen) atoms. The van der Waals surface area contributed by atoms with Crippen molar-refractivity contribution in [2.24, 2.45) is 5.92 Å². The van der Waals surface area contributed by atoms with Crippen molar-refractivity contribution in [2.45, 2.75) is 40.7 Å². The number of nitrogens with zero attached hydrogens (tertiary/aromatic N) is 4. The molecule has 2 heterocycles. The first kappa shape index (κ1) is 16.5. The molecule has 0 radical (unpaired) electrons. The van der Waals surface area contributed by atoms with Gasteiger partial charge in [-0.15, -0.1) is 0 Å². The second-order valence-electron chi connectivity index (χ2n) is 6.64. The zero-order chi connectivity index (χ0) is 16.4. The Kier molecular flexibility index (Phi) is 4.88. The molecule has 1 aromatic heterocycles. The summed E-state index contributed by atoms with van der Waals surface area (Å²) in [5.41, 5.74) is 1.45. The summed E-state index contributed by atoms with van der Waals surface area (Å²) in [7, 11) is 0. The molecule has 1 aliphatic heterocycles. The van der Waals surface area contributed by atoms with Crippen molar-refractivity contribution in [2.75, 3.05) is 26.2 Å². The molecule has 0 saturated carbocycles. The highest BCUT2D eigenvalue weighted by Gasteiger charge is 2.29. The van der Waals surface area contributed by atoms with E-state index < -0.39 is 0 Å². The van der Waals surface area contributed by atoms with Crippen LogP contribution in [0.25, 0.3) is 0 Å². The maximum absolute atomic E-state index is 12.6. The van der Waals surface area contributed by atoms with Crippen molar-refractivity contribution < 1.29 is 9.59 Å². The summed E-state index contributed by atoms with van der Waals surface area (Å²) in [4.78, 5) is 28.3. The second-order valence-corrected chi connectivity index (χ2v) is 6.64. The molecule has 0 aliphatic carbocycles. The van der Waals surface area contributed by atoms with Gasteiger partial charge in [0.25, 0.3) is 5.91 Å². The standard InChI is InChI=1S/C16H26N4O2/c1-11(2)9-18-6-7-19(10-15(18)21)16(22)14-8-17-20(12(3)4)13(14)5/h8,11-12H,6-7,9-10H2,1-5H3. The van der Waals surface area contributed by atoms with Crippen LogP contribution in [0.2, 0.25) is 0 Å². The summed E-state index contributed by atoms with van der Waals surface area (Å²) in [5.74, 6) is 0.377. The summed E-state index contributed by atoms with van der Waals surface area (Å²) in [5, 5.41) is 4.28. The molecule has 6 nitrogen and oxygen atoms in total. The van der Waals surface area contributed by atoms with Gasteiger partial charge in [-0.05, 0) is 26.7 Å². The zero-order valence-electron chi connectivity index (χ0n) is 14.2. The van der Waals surface area contributed by atoms with Gasteiger partial charge in [0.05, 0.1) is 11.8 Å². The van der Waals surface area contributed by atoms with E-state index in [0.29, 0.717) is 24.6 Å². The van der Waals surface area contributed by atoms with Gasteiger partial charge in [0.1, 0.15) is 6.54 Å². The molecule has 122 valence electrons. The van der Waals surface area contributed by atoms with Crippen LogP contribution in [0, 0.1) is 12.8 Å². The monoisotopic (exact) mass is 306 g/mol. The Hall–Kier alpha value is -1.85. The van der Waals surface area contributed by atoms with Gasteiger partial charge in [0.15, 0.2) is 0 Å². The van der Waals surface area contributed by atoms with Gasteiger partial charge in [-0.3, -0.25) is 14.3 Å². The van der Waals surface area contributed by atoms with Gasteiger partial charge < -0.3 is 9.80 Å². The SMILES string of the molecule is Cc1c(C(=O)N2CCN(CC(C)C)C(=O)C2)cnn1C(C)C. The normalized spacial score (nSPS) is 16.0. The zero-order valence-corrected chi connectivity index (χ0v) is 14.2. The van der Waals surface area contributed by atoms with Crippen LogP contribution < -0.4 is 0 Å².